The van der Waals surface area contributed by atoms with E-state index in [-0.39, 0.29) is 23.3 Å². The van der Waals surface area contributed by atoms with Gasteiger partial charge in [0.25, 0.3) is 5.56 Å². The molecule has 0 aliphatic carbocycles. The van der Waals surface area contributed by atoms with Crippen LogP contribution in [0.2, 0.25) is 0 Å². The van der Waals surface area contributed by atoms with E-state index in [1.54, 1.807) is 62.4 Å². The van der Waals surface area contributed by atoms with E-state index in [1.807, 2.05) is 0 Å². The molecule has 0 amide bonds. The van der Waals surface area contributed by atoms with Crippen LogP contribution in [0.1, 0.15) is 41.6 Å². The molecule has 0 saturated heterocycles. The van der Waals surface area contributed by atoms with Gasteiger partial charge in [0.2, 0.25) is 0 Å². The predicted molar refractivity (Wildman–Crippen MR) is 151 cm³/mol. The minimum atomic E-state index is -1.04. The lowest BCUT2D eigenvalue weighted by atomic mass is 9.95. The minimum Gasteiger partial charge on any atom is -0.497 e. The number of thiazole rings is 1. The number of aromatic carboxylic acids is 1. The topological polar surface area (TPSA) is 130 Å². The van der Waals surface area contributed by atoms with Crippen LogP contribution in [0.25, 0.3) is 17.4 Å². The highest BCUT2D eigenvalue weighted by Crippen LogP contribution is 2.37. The zero-order valence-corrected chi connectivity index (χ0v) is 23.5. The normalized spacial score (nSPS) is 14.8. The summed E-state index contributed by atoms with van der Waals surface area (Å²) in [5.41, 5.74) is 1.51. The molecule has 1 aliphatic rings. The van der Waals surface area contributed by atoms with Crippen LogP contribution in [0.15, 0.2) is 80.1 Å². The first-order chi connectivity index (χ1) is 19.7. The Bertz CT molecular complexity index is 1880. The Morgan fingerprint density at radius 1 is 1.12 bits per heavy atom. The van der Waals surface area contributed by atoms with Crippen LogP contribution in [0.4, 0.5) is 0 Å². The maximum atomic E-state index is 13.9. The van der Waals surface area contributed by atoms with Gasteiger partial charge in [-0.2, -0.15) is 0 Å². The van der Waals surface area contributed by atoms with Crippen LogP contribution in [0.3, 0.4) is 0 Å². The van der Waals surface area contributed by atoms with Crippen LogP contribution in [0, 0.1) is 0 Å². The number of rotatable bonds is 8. The van der Waals surface area contributed by atoms with E-state index in [9.17, 15) is 19.5 Å². The number of nitrogens with zero attached hydrogens (tertiary/aromatic N) is 2. The number of carbonyl (C=O) groups is 2. The molecule has 0 bridgehead atoms. The van der Waals surface area contributed by atoms with Crippen molar-refractivity contribution < 1.29 is 33.3 Å². The Kier molecular flexibility index (Phi) is 7.62. The Balaban J connectivity index is 1.66. The molecule has 4 aromatic rings. The summed E-state index contributed by atoms with van der Waals surface area (Å²) in [7, 11) is 3.04. The van der Waals surface area contributed by atoms with E-state index in [2.05, 4.69) is 4.99 Å². The van der Waals surface area contributed by atoms with Crippen molar-refractivity contribution in [3.05, 3.63) is 102 Å². The largest absolute Gasteiger partial charge is 0.497 e. The second-order valence-electron chi connectivity index (χ2n) is 9.00. The van der Waals surface area contributed by atoms with Crippen molar-refractivity contribution in [2.75, 3.05) is 20.8 Å². The summed E-state index contributed by atoms with van der Waals surface area (Å²) in [5, 5.41) is 9.31. The van der Waals surface area contributed by atoms with Crippen molar-refractivity contribution in [3.8, 4) is 22.8 Å². The molecular formula is C30H26N2O8S. The first-order valence-corrected chi connectivity index (χ1v) is 13.4. The van der Waals surface area contributed by atoms with E-state index in [4.69, 9.17) is 18.6 Å². The molecule has 1 N–H and O–H groups in total. The van der Waals surface area contributed by atoms with Gasteiger partial charge >= 0.3 is 11.9 Å². The van der Waals surface area contributed by atoms with Gasteiger partial charge in [0.15, 0.2) is 4.80 Å². The fourth-order valence-corrected chi connectivity index (χ4v) is 5.69. The number of carboxylic acid groups (broad SMARTS) is 1. The van der Waals surface area contributed by atoms with Crippen molar-refractivity contribution in [2.45, 2.75) is 19.9 Å². The number of ether oxygens (including phenoxy) is 3. The molecule has 10 nitrogen and oxygen atoms in total. The van der Waals surface area contributed by atoms with Gasteiger partial charge < -0.3 is 23.7 Å². The molecule has 2 aromatic carbocycles. The Morgan fingerprint density at radius 2 is 1.93 bits per heavy atom. The first kappa shape index (κ1) is 27.7. The number of fused-ring (bicyclic) bond motifs is 1. The number of hydrogen-bond acceptors (Lipinski definition) is 9. The van der Waals surface area contributed by atoms with Crippen LogP contribution in [-0.4, -0.2) is 42.4 Å². The Labute approximate surface area is 238 Å². The maximum Gasteiger partial charge on any atom is 0.338 e. The number of furan rings is 1. The van der Waals surface area contributed by atoms with Gasteiger partial charge in [-0.15, -0.1) is 0 Å². The number of carboxylic acids is 1. The molecule has 0 spiro atoms. The number of hydrogen-bond donors (Lipinski definition) is 1. The summed E-state index contributed by atoms with van der Waals surface area (Å²) in [5.74, 6) is 0.197. The zero-order valence-electron chi connectivity index (χ0n) is 22.7. The molecular weight excluding hydrogens is 548 g/mol. The summed E-state index contributed by atoms with van der Waals surface area (Å²) in [4.78, 5) is 43.4. The van der Waals surface area contributed by atoms with Gasteiger partial charge in [0.1, 0.15) is 29.1 Å². The van der Waals surface area contributed by atoms with Crippen molar-refractivity contribution in [1.29, 1.82) is 0 Å². The number of methoxy groups -OCH3 is 2. The van der Waals surface area contributed by atoms with E-state index >= 15 is 0 Å². The van der Waals surface area contributed by atoms with Gasteiger partial charge in [-0.1, -0.05) is 23.5 Å². The monoisotopic (exact) mass is 574 g/mol. The third-order valence-corrected chi connectivity index (χ3v) is 7.53. The summed E-state index contributed by atoms with van der Waals surface area (Å²) < 4.78 is 24.1. The van der Waals surface area contributed by atoms with Gasteiger partial charge in [-0.25, -0.2) is 14.6 Å². The van der Waals surface area contributed by atoms with E-state index < -0.39 is 18.0 Å². The molecule has 3 heterocycles. The van der Waals surface area contributed by atoms with Gasteiger partial charge in [-0.05, 0) is 56.3 Å². The van der Waals surface area contributed by atoms with Gasteiger partial charge in [0.05, 0.1) is 42.2 Å². The first-order valence-electron chi connectivity index (χ1n) is 12.6. The molecule has 1 atom stereocenters. The van der Waals surface area contributed by atoms with Crippen LogP contribution < -0.4 is 24.4 Å². The highest BCUT2D eigenvalue weighted by atomic mass is 32.1. The van der Waals surface area contributed by atoms with Crippen LogP contribution in [-0.2, 0) is 9.53 Å². The van der Waals surface area contributed by atoms with Crippen LogP contribution >= 0.6 is 11.3 Å². The van der Waals surface area contributed by atoms with Gasteiger partial charge in [0, 0.05) is 17.2 Å². The lowest BCUT2D eigenvalue weighted by Crippen LogP contribution is -2.40. The lowest BCUT2D eigenvalue weighted by Gasteiger charge is -2.26. The molecule has 0 fully saturated rings. The summed E-state index contributed by atoms with van der Waals surface area (Å²) >= 11 is 1.15. The second kappa shape index (κ2) is 11.3. The molecule has 11 heteroatoms. The summed E-state index contributed by atoms with van der Waals surface area (Å²) in [6.45, 7) is 3.56. The number of allylic oxidation sites excluding steroid dienone is 1. The average Bonchev–Trinajstić information content (AvgIpc) is 3.56. The Hall–Kier alpha value is -4.90. The molecule has 210 valence electrons. The molecule has 41 heavy (non-hydrogen) atoms. The van der Waals surface area contributed by atoms with Crippen molar-refractivity contribution in [3.63, 3.8) is 0 Å². The molecule has 1 aliphatic heterocycles. The highest BCUT2D eigenvalue weighted by Gasteiger charge is 2.35. The van der Waals surface area contributed by atoms with Crippen molar-refractivity contribution in [2.24, 2.45) is 4.99 Å². The Morgan fingerprint density at radius 3 is 2.63 bits per heavy atom. The highest BCUT2D eigenvalue weighted by molar-refractivity contribution is 7.07. The number of carbonyl (C=O) groups excluding carboxylic acids is 1. The number of aromatic nitrogens is 1. The average molecular weight is 575 g/mol. The molecule has 2 aromatic heterocycles. The summed E-state index contributed by atoms with van der Waals surface area (Å²) in [6, 6.07) is 14.1. The zero-order chi connectivity index (χ0) is 29.3. The predicted octanol–water partition coefficient (Wildman–Crippen LogP) is 3.77. The summed E-state index contributed by atoms with van der Waals surface area (Å²) in [6.07, 6.45) is 1.59. The second-order valence-corrected chi connectivity index (χ2v) is 10.0. The number of benzene rings is 2. The molecule has 0 saturated carbocycles. The van der Waals surface area contributed by atoms with E-state index in [0.717, 1.165) is 11.3 Å². The molecule has 0 radical (unpaired) electrons. The quantitative estimate of drug-likeness (QED) is 0.315. The van der Waals surface area contributed by atoms with Gasteiger partial charge in [-0.3, -0.25) is 9.36 Å². The standard InChI is InChI=1S/C30H26N2O8S/c1-5-39-29(36)25-16(2)31-30-32(26(25)21-14-19(37-3)9-12-23(21)38-4)27(33)24(41-30)15-20-10-11-22(40-20)17-7-6-8-18(13-17)28(34)35/h6-15,26H,5H2,1-4H3,(H,34,35)/t26-/m1/s1. The maximum absolute atomic E-state index is 13.9. The SMILES string of the molecule is CCOC(=O)C1=C(C)N=c2sc(=Cc3ccc(-c4cccc(C(=O)O)c4)o3)c(=O)n2[C@@H]1c1cc(OC)ccc1OC. The third kappa shape index (κ3) is 5.19. The van der Waals surface area contributed by atoms with Crippen molar-refractivity contribution in [1.82, 2.24) is 4.57 Å². The molecule has 0 unspecified atom stereocenters. The van der Waals surface area contributed by atoms with Crippen molar-refractivity contribution >= 4 is 29.4 Å². The minimum absolute atomic E-state index is 0.134. The smallest absolute Gasteiger partial charge is 0.338 e. The van der Waals surface area contributed by atoms with E-state index in [1.165, 1.54) is 30.9 Å². The fourth-order valence-electron chi connectivity index (χ4n) is 4.66. The van der Waals surface area contributed by atoms with Crippen LogP contribution in [0.5, 0.6) is 11.5 Å². The van der Waals surface area contributed by atoms with E-state index in [0.29, 0.717) is 49.2 Å². The molecule has 5 rings (SSSR count). The number of esters is 1. The fraction of sp³-hybridized carbons (Fsp3) is 0.200. The third-order valence-electron chi connectivity index (χ3n) is 6.54. The lowest BCUT2D eigenvalue weighted by molar-refractivity contribution is -0.139.